The number of hydrogen-bond acceptors (Lipinski definition) is 6. The van der Waals surface area contributed by atoms with E-state index in [0.717, 1.165) is 18.4 Å². The van der Waals surface area contributed by atoms with E-state index in [1.807, 2.05) is 0 Å². The van der Waals surface area contributed by atoms with E-state index >= 15 is 0 Å². The van der Waals surface area contributed by atoms with Crippen molar-refractivity contribution in [2.24, 2.45) is 0 Å². The molecule has 0 radical (unpaired) electrons. The van der Waals surface area contributed by atoms with Gasteiger partial charge in [0.1, 0.15) is 15.8 Å². The van der Waals surface area contributed by atoms with E-state index in [4.69, 9.17) is 0 Å². The number of carbonyl (C=O) groups excluding carboxylic acids is 1. The van der Waals surface area contributed by atoms with Gasteiger partial charge in [-0.3, -0.25) is 4.79 Å². The van der Waals surface area contributed by atoms with Gasteiger partial charge >= 0.3 is 11.9 Å². The Hall–Kier alpha value is -1.97. The van der Waals surface area contributed by atoms with E-state index in [1.165, 1.54) is 0 Å². The summed E-state index contributed by atoms with van der Waals surface area (Å²) >= 11 is 0.991. The molecule has 1 aromatic carbocycles. The molecular weight excluding hydrogens is 354 g/mol. The second kappa shape index (κ2) is 7.29. The zero-order valence-corrected chi connectivity index (χ0v) is 14.7. The van der Waals surface area contributed by atoms with Gasteiger partial charge in [-0.1, -0.05) is 31.5 Å². The largest absolute Gasteiger partial charge is 0.480 e. The standard InChI is InChI=1S/C15H17NO6S2/c1-3-6-10(14(17)18)16-24(20,21)13-9-7-4-5-8-11(9)23-12(13)15(19)22-2/h4-5,7-8,10,16H,3,6H2,1-2H3,(H,17,18). The van der Waals surface area contributed by atoms with Crippen LogP contribution in [0.2, 0.25) is 0 Å². The van der Waals surface area contributed by atoms with Crippen LogP contribution in [0.5, 0.6) is 0 Å². The quantitative estimate of drug-likeness (QED) is 0.722. The number of ether oxygens (including phenoxy) is 1. The molecule has 0 aliphatic rings. The maximum absolute atomic E-state index is 12.8. The van der Waals surface area contributed by atoms with Gasteiger partial charge in [0.25, 0.3) is 0 Å². The van der Waals surface area contributed by atoms with Crippen molar-refractivity contribution >= 4 is 43.4 Å². The van der Waals surface area contributed by atoms with Gasteiger partial charge in [-0.05, 0) is 12.5 Å². The maximum Gasteiger partial charge on any atom is 0.349 e. The molecule has 0 amide bonds. The molecule has 1 unspecified atom stereocenters. The minimum Gasteiger partial charge on any atom is -0.480 e. The van der Waals surface area contributed by atoms with Crippen molar-refractivity contribution in [2.45, 2.75) is 30.7 Å². The summed E-state index contributed by atoms with van der Waals surface area (Å²) in [6.07, 6.45) is 0.637. The Morgan fingerprint density at radius 1 is 1.33 bits per heavy atom. The topological polar surface area (TPSA) is 110 Å². The van der Waals surface area contributed by atoms with Crippen LogP contribution >= 0.6 is 11.3 Å². The van der Waals surface area contributed by atoms with Crippen molar-refractivity contribution < 1.29 is 27.9 Å². The molecule has 9 heteroatoms. The third-order valence-corrected chi connectivity index (χ3v) is 6.20. The Morgan fingerprint density at radius 3 is 2.58 bits per heavy atom. The van der Waals surface area contributed by atoms with Crippen molar-refractivity contribution in [3.8, 4) is 0 Å². The second-order valence-electron chi connectivity index (χ2n) is 5.05. The fraction of sp³-hybridized carbons (Fsp3) is 0.333. The number of carboxylic acids is 1. The molecule has 0 fully saturated rings. The number of esters is 1. The third-order valence-electron chi connectivity index (χ3n) is 3.36. The molecule has 2 rings (SSSR count). The van der Waals surface area contributed by atoms with E-state index in [0.29, 0.717) is 16.5 Å². The lowest BCUT2D eigenvalue weighted by Crippen LogP contribution is -2.40. The number of benzene rings is 1. The number of carboxylic acid groups (broad SMARTS) is 1. The van der Waals surface area contributed by atoms with Crippen LogP contribution in [-0.2, 0) is 19.6 Å². The number of rotatable bonds is 7. The smallest absolute Gasteiger partial charge is 0.349 e. The summed E-state index contributed by atoms with van der Waals surface area (Å²) < 4.78 is 33.0. The van der Waals surface area contributed by atoms with Gasteiger partial charge in [-0.25, -0.2) is 13.2 Å². The highest BCUT2D eigenvalue weighted by atomic mass is 32.2. The number of sulfonamides is 1. The number of thiophene rings is 1. The molecule has 24 heavy (non-hydrogen) atoms. The zero-order valence-electron chi connectivity index (χ0n) is 13.1. The molecule has 130 valence electrons. The predicted molar refractivity (Wildman–Crippen MR) is 89.8 cm³/mol. The van der Waals surface area contributed by atoms with Gasteiger partial charge in [-0.15, -0.1) is 11.3 Å². The first kappa shape index (κ1) is 18.4. The summed E-state index contributed by atoms with van der Waals surface area (Å²) in [7, 11) is -3.06. The molecule has 7 nitrogen and oxygen atoms in total. The van der Waals surface area contributed by atoms with Gasteiger partial charge in [-0.2, -0.15) is 4.72 Å². The van der Waals surface area contributed by atoms with Crippen LogP contribution in [0.15, 0.2) is 29.2 Å². The highest BCUT2D eigenvalue weighted by Crippen LogP contribution is 2.35. The van der Waals surface area contributed by atoms with Crippen LogP contribution in [0.4, 0.5) is 0 Å². The number of nitrogens with one attached hydrogen (secondary N) is 1. The number of carbonyl (C=O) groups is 2. The third kappa shape index (κ3) is 3.58. The Balaban J connectivity index is 2.60. The Kier molecular flexibility index (Phi) is 5.58. The Bertz CT molecular complexity index is 871. The van der Waals surface area contributed by atoms with Gasteiger partial charge in [0.05, 0.1) is 7.11 Å². The predicted octanol–water partition coefficient (Wildman–Crippen LogP) is 2.22. The molecule has 2 aromatic rings. The van der Waals surface area contributed by atoms with Crippen LogP contribution < -0.4 is 4.72 Å². The van der Waals surface area contributed by atoms with E-state index in [2.05, 4.69) is 9.46 Å². The number of aliphatic carboxylic acids is 1. The molecule has 0 saturated carbocycles. The molecular formula is C15H17NO6S2. The molecule has 0 spiro atoms. The van der Waals surface area contributed by atoms with Crippen LogP contribution in [0, 0.1) is 0 Å². The fourth-order valence-corrected chi connectivity index (χ4v) is 5.32. The van der Waals surface area contributed by atoms with E-state index < -0.39 is 28.0 Å². The monoisotopic (exact) mass is 371 g/mol. The minimum absolute atomic E-state index is 0.0770. The van der Waals surface area contributed by atoms with Crippen molar-refractivity contribution in [1.29, 1.82) is 0 Å². The first-order valence-electron chi connectivity index (χ1n) is 7.16. The van der Waals surface area contributed by atoms with Gasteiger partial charge in [0.15, 0.2) is 0 Å². The highest BCUT2D eigenvalue weighted by Gasteiger charge is 2.32. The van der Waals surface area contributed by atoms with Crippen molar-refractivity contribution in [1.82, 2.24) is 4.72 Å². The number of fused-ring (bicyclic) bond motifs is 1. The fourth-order valence-electron chi connectivity index (χ4n) is 2.28. The first-order valence-corrected chi connectivity index (χ1v) is 9.46. The van der Waals surface area contributed by atoms with E-state index in [1.54, 1.807) is 31.2 Å². The first-order chi connectivity index (χ1) is 11.3. The lowest BCUT2D eigenvalue weighted by atomic mass is 10.2. The molecule has 0 saturated heterocycles. The Morgan fingerprint density at radius 2 is 2.00 bits per heavy atom. The lowest BCUT2D eigenvalue weighted by molar-refractivity contribution is -0.139. The summed E-state index contributed by atoms with van der Waals surface area (Å²) in [5.74, 6) is -2.04. The molecule has 1 atom stereocenters. The van der Waals surface area contributed by atoms with Crippen molar-refractivity contribution in [2.75, 3.05) is 7.11 Å². The van der Waals surface area contributed by atoms with Gasteiger partial charge in [0, 0.05) is 10.1 Å². The molecule has 2 N–H and O–H groups in total. The summed E-state index contributed by atoms with van der Waals surface area (Å²) in [6, 6.07) is 5.37. The molecule has 0 aliphatic carbocycles. The molecule has 0 aliphatic heterocycles. The minimum atomic E-state index is -4.22. The lowest BCUT2D eigenvalue weighted by Gasteiger charge is -2.14. The maximum atomic E-state index is 12.8. The summed E-state index contributed by atoms with van der Waals surface area (Å²) in [4.78, 5) is 22.9. The van der Waals surface area contributed by atoms with Crippen LogP contribution in [0.3, 0.4) is 0 Å². The summed E-state index contributed by atoms with van der Waals surface area (Å²) in [5, 5.41) is 9.54. The average molecular weight is 371 g/mol. The molecule has 1 aromatic heterocycles. The van der Waals surface area contributed by atoms with Gasteiger partial charge < -0.3 is 9.84 Å². The molecule has 0 bridgehead atoms. The van der Waals surface area contributed by atoms with Crippen LogP contribution in [0.1, 0.15) is 29.4 Å². The normalized spacial score (nSPS) is 12.9. The van der Waals surface area contributed by atoms with Crippen molar-refractivity contribution in [3.05, 3.63) is 29.1 Å². The average Bonchev–Trinajstić information content (AvgIpc) is 2.93. The van der Waals surface area contributed by atoms with Crippen LogP contribution in [0.25, 0.3) is 10.1 Å². The van der Waals surface area contributed by atoms with Crippen molar-refractivity contribution in [3.63, 3.8) is 0 Å². The Labute approximate surface area is 143 Å². The van der Waals surface area contributed by atoms with E-state index in [9.17, 15) is 23.1 Å². The van der Waals surface area contributed by atoms with E-state index in [-0.39, 0.29) is 16.2 Å². The van der Waals surface area contributed by atoms with Gasteiger partial charge in [0.2, 0.25) is 10.0 Å². The highest BCUT2D eigenvalue weighted by molar-refractivity contribution is 7.90. The van der Waals surface area contributed by atoms with Crippen LogP contribution in [-0.4, -0.2) is 38.6 Å². The SMILES string of the molecule is CCCC(NS(=O)(=O)c1c(C(=O)OC)sc2ccccc12)C(=O)O. The second-order valence-corrected chi connectivity index (χ2v) is 7.75. The zero-order chi connectivity index (χ0) is 17.9. The summed E-state index contributed by atoms with van der Waals surface area (Å²) in [5.41, 5.74) is 0. The number of methoxy groups -OCH3 is 1. The number of hydrogen-bond donors (Lipinski definition) is 2. The molecule has 1 heterocycles. The summed E-state index contributed by atoms with van der Waals surface area (Å²) in [6.45, 7) is 1.75.